The summed E-state index contributed by atoms with van der Waals surface area (Å²) in [6.07, 6.45) is 1.33. The first-order valence-electron chi connectivity index (χ1n) is 7.72. The van der Waals surface area contributed by atoms with Crippen molar-refractivity contribution < 1.29 is 9.18 Å². The molecule has 24 heavy (non-hydrogen) atoms. The minimum absolute atomic E-state index is 0.0136. The van der Waals surface area contributed by atoms with Crippen molar-refractivity contribution in [3.05, 3.63) is 64.2 Å². The van der Waals surface area contributed by atoms with Gasteiger partial charge >= 0.3 is 0 Å². The maximum Gasteiger partial charge on any atom is 0.150 e. The lowest BCUT2D eigenvalue weighted by Crippen LogP contribution is -2.14. The highest BCUT2D eigenvalue weighted by atomic mass is 35.5. The third-order valence-electron chi connectivity index (χ3n) is 4.66. The molecule has 0 amide bonds. The number of nitrogens with zero attached hydrogens (tertiary/aromatic N) is 2. The normalized spacial score (nSPS) is 19.6. The highest BCUT2D eigenvalue weighted by Gasteiger charge is 2.36. The quantitative estimate of drug-likeness (QED) is 0.734. The van der Waals surface area contributed by atoms with Crippen LogP contribution in [0, 0.1) is 5.82 Å². The van der Waals surface area contributed by atoms with Gasteiger partial charge in [0.2, 0.25) is 0 Å². The fourth-order valence-corrected chi connectivity index (χ4v) is 3.76. The number of carbonyl (C=O) groups is 1. The van der Waals surface area contributed by atoms with Gasteiger partial charge in [0, 0.05) is 16.1 Å². The second-order valence-corrected chi connectivity index (χ2v) is 6.36. The van der Waals surface area contributed by atoms with E-state index in [4.69, 9.17) is 11.6 Å². The Hall–Kier alpha value is -2.24. The number of fused-ring (bicyclic) bond motifs is 3. The maximum atomic E-state index is 14.6. The zero-order valence-electron chi connectivity index (χ0n) is 13.0. The molecule has 3 aromatic rings. The van der Waals surface area contributed by atoms with E-state index in [9.17, 15) is 9.18 Å². The van der Waals surface area contributed by atoms with Crippen LogP contribution in [-0.2, 0) is 0 Å². The van der Waals surface area contributed by atoms with E-state index in [1.807, 2.05) is 23.7 Å². The molecule has 6 heteroatoms. The molecular formula is C18H15ClFN3O. The summed E-state index contributed by atoms with van der Waals surface area (Å²) in [6.45, 7) is 0. The van der Waals surface area contributed by atoms with Crippen LogP contribution in [-0.4, -0.2) is 22.9 Å². The summed E-state index contributed by atoms with van der Waals surface area (Å²) in [5, 5.41) is 3.82. The monoisotopic (exact) mass is 343 g/mol. The summed E-state index contributed by atoms with van der Waals surface area (Å²) in [6, 6.07) is 9.74. The summed E-state index contributed by atoms with van der Waals surface area (Å²) in [7, 11) is 1.85. The average molecular weight is 344 g/mol. The molecule has 122 valence electrons. The van der Waals surface area contributed by atoms with Gasteiger partial charge in [0.25, 0.3) is 0 Å². The summed E-state index contributed by atoms with van der Waals surface area (Å²) >= 11 is 6.14. The Kier molecular flexibility index (Phi) is 3.62. The zero-order valence-corrected chi connectivity index (χ0v) is 13.7. The van der Waals surface area contributed by atoms with E-state index in [2.05, 4.69) is 10.3 Å². The van der Waals surface area contributed by atoms with Crippen molar-refractivity contribution in [1.82, 2.24) is 14.9 Å². The Bertz CT molecular complexity index is 953. The molecule has 0 saturated carbocycles. The van der Waals surface area contributed by atoms with Gasteiger partial charge in [-0.2, -0.15) is 0 Å². The number of aromatic nitrogens is 2. The van der Waals surface area contributed by atoms with E-state index < -0.39 is 0 Å². The molecule has 1 aliphatic heterocycles. The topological polar surface area (TPSA) is 46.9 Å². The van der Waals surface area contributed by atoms with Crippen molar-refractivity contribution in [1.29, 1.82) is 0 Å². The first kappa shape index (κ1) is 15.3. The largest absolute Gasteiger partial charge is 0.319 e. The van der Waals surface area contributed by atoms with Crippen LogP contribution in [0.25, 0.3) is 11.0 Å². The molecule has 2 unspecified atom stereocenters. The van der Waals surface area contributed by atoms with E-state index >= 15 is 0 Å². The summed E-state index contributed by atoms with van der Waals surface area (Å²) in [5.74, 6) is 0.455. The van der Waals surface area contributed by atoms with Gasteiger partial charge in [-0.05, 0) is 37.7 Å². The minimum atomic E-state index is -0.379. The number of carbonyl (C=O) groups excluding carboxylic acids is 1. The van der Waals surface area contributed by atoms with E-state index in [1.54, 1.807) is 18.2 Å². The predicted octanol–water partition coefficient (Wildman–Crippen LogP) is 3.89. The third kappa shape index (κ3) is 2.16. The molecule has 0 aliphatic carbocycles. The molecule has 2 atom stereocenters. The molecule has 2 aromatic carbocycles. The molecule has 4 rings (SSSR count). The van der Waals surface area contributed by atoms with E-state index in [0.29, 0.717) is 28.9 Å². The minimum Gasteiger partial charge on any atom is -0.319 e. The lowest BCUT2D eigenvalue weighted by Gasteiger charge is -2.18. The molecule has 2 heterocycles. The fourth-order valence-electron chi connectivity index (χ4n) is 3.59. The summed E-state index contributed by atoms with van der Waals surface area (Å²) in [4.78, 5) is 16.1. The maximum absolute atomic E-state index is 14.6. The Morgan fingerprint density at radius 1 is 1.38 bits per heavy atom. The lowest BCUT2D eigenvalue weighted by molar-refractivity contribution is 0.112. The molecular weight excluding hydrogens is 329 g/mol. The SMILES string of the molecule is CNC1CC(c2c(F)cccc2C=O)n2c1nc1ccc(Cl)cc12. The zero-order chi connectivity index (χ0) is 16.8. The summed E-state index contributed by atoms with van der Waals surface area (Å²) < 4.78 is 16.6. The Morgan fingerprint density at radius 2 is 2.21 bits per heavy atom. The predicted molar refractivity (Wildman–Crippen MR) is 91.1 cm³/mol. The highest BCUT2D eigenvalue weighted by molar-refractivity contribution is 6.31. The van der Waals surface area contributed by atoms with Crippen LogP contribution < -0.4 is 5.32 Å². The lowest BCUT2D eigenvalue weighted by atomic mass is 9.97. The number of halogens is 2. The van der Waals surface area contributed by atoms with E-state index in [-0.39, 0.29) is 17.9 Å². The molecule has 0 spiro atoms. The number of rotatable bonds is 3. The molecule has 1 aliphatic rings. The standard InChI is InChI=1S/C18H15ClFN3O/c1-21-14-8-16(17-10(9-24)3-2-4-12(17)20)23-15-7-11(19)5-6-13(15)22-18(14)23/h2-7,9,14,16,21H,8H2,1H3. The van der Waals surface area contributed by atoms with E-state index in [0.717, 1.165) is 16.9 Å². The molecule has 0 saturated heterocycles. The number of hydrogen-bond acceptors (Lipinski definition) is 3. The average Bonchev–Trinajstić information content (AvgIpc) is 3.11. The Morgan fingerprint density at radius 3 is 2.96 bits per heavy atom. The number of benzene rings is 2. The first-order valence-corrected chi connectivity index (χ1v) is 8.10. The van der Waals surface area contributed by atoms with Gasteiger partial charge < -0.3 is 9.88 Å². The van der Waals surface area contributed by atoms with Gasteiger partial charge in [0.1, 0.15) is 11.6 Å². The van der Waals surface area contributed by atoms with Crippen molar-refractivity contribution in [2.24, 2.45) is 0 Å². The molecule has 4 nitrogen and oxygen atoms in total. The summed E-state index contributed by atoms with van der Waals surface area (Å²) in [5.41, 5.74) is 2.43. The Labute approximate surface area is 143 Å². The van der Waals surface area contributed by atoms with Crippen LogP contribution >= 0.6 is 11.6 Å². The van der Waals surface area contributed by atoms with Crippen LogP contribution in [0.5, 0.6) is 0 Å². The van der Waals surface area contributed by atoms with Gasteiger partial charge in [0.05, 0.1) is 23.1 Å². The van der Waals surface area contributed by atoms with Crippen LogP contribution in [0.15, 0.2) is 36.4 Å². The van der Waals surface area contributed by atoms with Crippen molar-refractivity contribution >= 4 is 28.9 Å². The van der Waals surface area contributed by atoms with Crippen molar-refractivity contribution in [2.75, 3.05) is 7.05 Å². The molecule has 1 aromatic heterocycles. The van der Waals surface area contributed by atoms with Crippen LogP contribution in [0.1, 0.15) is 40.3 Å². The Balaban J connectivity index is 2.00. The number of imidazole rings is 1. The first-order chi connectivity index (χ1) is 11.6. The van der Waals surface area contributed by atoms with Gasteiger partial charge in [0.15, 0.2) is 6.29 Å². The second-order valence-electron chi connectivity index (χ2n) is 5.93. The third-order valence-corrected chi connectivity index (χ3v) is 4.89. The van der Waals surface area contributed by atoms with Gasteiger partial charge in [-0.3, -0.25) is 4.79 Å². The van der Waals surface area contributed by atoms with Crippen LogP contribution in [0.3, 0.4) is 0 Å². The number of hydrogen-bond donors (Lipinski definition) is 1. The van der Waals surface area contributed by atoms with Crippen LogP contribution in [0.2, 0.25) is 5.02 Å². The van der Waals surface area contributed by atoms with Gasteiger partial charge in [-0.15, -0.1) is 0 Å². The fraction of sp³-hybridized carbons (Fsp3) is 0.222. The van der Waals surface area contributed by atoms with Crippen LogP contribution in [0.4, 0.5) is 4.39 Å². The van der Waals surface area contributed by atoms with E-state index in [1.165, 1.54) is 6.07 Å². The van der Waals surface area contributed by atoms with Crippen molar-refractivity contribution in [3.8, 4) is 0 Å². The van der Waals surface area contributed by atoms with Gasteiger partial charge in [-0.1, -0.05) is 23.7 Å². The highest BCUT2D eigenvalue weighted by Crippen LogP contribution is 2.42. The molecule has 0 fully saturated rings. The molecule has 0 radical (unpaired) electrons. The molecule has 1 N–H and O–H groups in total. The number of nitrogens with one attached hydrogen (secondary N) is 1. The van der Waals surface area contributed by atoms with Gasteiger partial charge in [-0.25, -0.2) is 9.37 Å². The molecule has 0 bridgehead atoms. The van der Waals surface area contributed by atoms with Crippen molar-refractivity contribution in [2.45, 2.75) is 18.5 Å². The number of aldehydes is 1. The second kappa shape index (κ2) is 5.69. The smallest absolute Gasteiger partial charge is 0.150 e. The van der Waals surface area contributed by atoms with Crippen molar-refractivity contribution in [3.63, 3.8) is 0 Å².